The summed E-state index contributed by atoms with van der Waals surface area (Å²) in [5, 5.41) is 0. The van der Waals surface area contributed by atoms with E-state index >= 15 is 0 Å². The van der Waals surface area contributed by atoms with Crippen LogP contribution in [-0.4, -0.2) is 72.1 Å². The van der Waals surface area contributed by atoms with Gasteiger partial charge in [0.15, 0.2) is 0 Å². The minimum absolute atomic E-state index is 0.357. The van der Waals surface area contributed by atoms with E-state index in [0.29, 0.717) is 23.4 Å². The highest BCUT2D eigenvalue weighted by atomic mass is 15.3. The zero-order valence-electron chi connectivity index (χ0n) is 21.7. The normalized spacial score (nSPS) is 32.6. The smallest absolute Gasteiger partial charge is 0.0234 e. The van der Waals surface area contributed by atoms with E-state index in [1.165, 1.54) is 104 Å². The van der Waals surface area contributed by atoms with Crippen molar-refractivity contribution < 1.29 is 0 Å². The van der Waals surface area contributed by atoms with Crippen LogP contribution in [-0.2, 0) is 0 Å². The lowest BCUT2D eigenvalue weighted by atomic mass is 9.63. The Bertz CT molecular complexity index is 867. The SMILES string of the molecule is c1ccc(C2CC3(N4CCCC4)CCN(CCCN4CCCCC4)C2C(c2ccccc2)C3)cc1. The number of fused-ring (bicyclic) bond motifs is 4. The molecule has 7 rings (SSSR count). The van der Waals surface area contributed by atoms with Gasteiger partial charge in [0.1, 0.15) is 0 Å². The lowest BCUT2D eigenvalue weighted by molar-refractivity contribution is 0.0463. The first-order valence-electron chi connectivity index (χ1n) is 14.6. The summed E-state index contributed by atoms with van der Waals surface area (Å²) in [6.07, 6.45) is 12.3. The maximum absolute atomic E-state index is 2.96. The summed E-state index contributed by atoms with van der Waals surface area (Å²) >= 11 is 0. The zero-order chi connectivity index (χ0) is 23.5. The highest BCUT2D eigenvalue weighted by molar-refractivity contribution is 5.32. The Morgan fingerprint density at radius 1 is 0.629 bits per heavy atom. The van der Waals surface area contributed by atoms with E-state index < -0.39 is 0 Å². The van der Waals surface area contributed by atoms with Crippen molar-refractivity contribution in [2.75, 3.05) is 45.8 Å². The molecule has 3 heteroatoms. The third-order valence-corrected chi connectivity index (χ3v) is 9.91. The van der Waals surface area contributed by atoms with E-state index in [-0.39, 0.29) is 0 Å². The summed E-state index contributed by atoms with van der Waals surface area (Å²) < 4.78 is 0. The molecule has 3 nitrogen and oxygen atoms in total. The lowest BCUT2D eigenvalue weighted by Crippen LogP contribution is -2.54. The molecule has 2 bridgehead atoms. The van der Waals surface area contributed by atoms with E-state index in [1.54, 1.807) is 11.1 Å². The Morgan fingerprint density at radius 3 is 1.80 bits per heavy atom. The van der Waals surface area contributed by atoms with Crippen molar-refractivity contribution in [2.24, 2.45) is 0 Å². The van der Waals surface area contributed by atoms with Crippen LogP contribution in [0.5, 0.6) is 0 Å². The van der Waals surface area contributed by atoms with Crippen LogP contribution in [0.25, 0.3) is 0 Å². The third-order valence-electron chi connectivity index (χ3n) is 9.91. The van der Waals surface area contributed by atoms with Gasteiger partial charge >= 0.3 is 0 Å². The van der Waals surface area contributed by atoms with Crippen LogP contribution < -0.4 is 0 Å². The second-order valence-corrected chi connectivity index (χ2v) is 11.9. The fourth-order valence-electron chi connectivity index (χ4n) is 8.22. The number of rotatable bonds is 7. The van der Waals surface area contributed by atoms with Crippen LogP contribution in [0.15, 0.2) is 60.7 Å². The Labute approximate surface area is 213 Å². The predicted molar refractivity (Wildman–Crippen MR) is 146 cm³/mol. The van der Waals surface area contributed by atoms with Crippen molar-refractivity contribution in [3.8, 4) is 0 Å². The molecule has 0 aromatic heterocycles. The number of hydrogen-bond donors (Lipinski definition) is 0. The molecule has 0 N–H and O–H groups in total. The largest absolute Gasteiger partial charge is 0.303 e. The fourth-order valence-corrected chi connectivity index (χ4v) is 8.22. The molecule has 4 aliphatic heterocycles. The summed E-state index contributed by atoms with van der Waals surface area (Å²) in [7, 11) is 0. The fraction of sp³-hybridized carbons (Fsp3) is 0.625. The molecular weight excluding hydrogens is 426 g/mol. The minimum atomic E-state index is 0.357. The Kier molecular flexibility index (Phi) is 7.28. The maximum atomic E-state index is 2.96. The second kappa shape index (κ2) is 10.7. The maximum Gasteiger partial charge on any atom is 0.0234 e. The second-order valence-electron chi connectivity index (χ2n) is 11.9. The van der Waals surface area contributed by atoms with Crippen LogP contribution in [0.1, 0.15) is 80.8 Å². The van der Waals surface area contributed by atoms with Gasteiger partial charge in [-0.2, -0.15) is 0 Å². The highest BCUT2D eigenvalue weighted by Gasteiger charge is 2.54. The van der Waals surface area contributed by atoms with Gasteiger partial charge in [-0.1, -0.05) is 67.1 Å². The van der Waals surface area contributed by atoms with Gasteiger partial charge in [-0.3, -0.25) is 9.80 Å². The van der Waals surface area contributed by atoms with Crippen LogP contribution in [0.4, 0.5) is 0 Å². The van der Waals surface area contributed by atoms with E-state index in [4.69, 9.17) is 0 Å². The molecule has 4 heterocycles. The molecule has 2 aromatic carbocycles. The first-order chi connectivity index (χ1) is 17.3. The Hall–Kier alpha value is -1.68. The van der Waals surface area contributed by atoms with Crippen LogP contribution >= 0.6 is 0 Å². The summed E-state index contributed by atoms with van der Waals surface area (Å²) in [6, 6.07) is 23.8. The molecule has 188 valence electrons. The van der Waals surface area contributed by atoms with Crippen molar-refractivity contribution >= 4 is 0 Å². The quantitative estimate of drug-likeness (QED) is 0.481. The molecule has 5 fully saturated rings. The molecule has 0 amide bonds. The van der Waals surface area contributed by atoms with Crippen molar-refractivity contribution in [1.29, 1.82) is 0 Å². The van der Waals surface area contributed by atoms with E-state index in [1.807, 2.05) is 0 Å². The summed E-state index contributed by atoms with van der Waals surface area (Å²) in [5.41, 5.74) is 3.50. The van der Waals surface area contributed by atoms with Crippen molar-refractivity contribution in [3.05, 3.63) is 71.8 Å². The average Bonchev–Trinajstić information content (AvgIpc) is 3.38. The van der Waals surface area contributed by atoms with Gasteiger partial charge in [-0.25, -0.2) is 0 Å². The number of piperidine rings is 1. The van der Waals surface area contributed by atoms with Crippen LogP contribution in [0, 0.1) is 0 Å². The molecule has 1 aliphatic carbocycles. The lowest BCUT2D eigenvalue weighted by Gasteiger charge is -2.52. The topological polar surface area (TPSA) is 9.72 Å². The molecule has 4 saturated heterocycles. The van der Waals surface area contributed by atoms with Crippen molar-refractivity contribution in [1.82, 2.24) is 14.7 Å². The molecular formula is C32H45N3. The van der Waals surface area contributed by atoms with Crippen LogP contribution in [0.2, 0.25) is 0 Å². The van der Waals surface area contributed by atoms with E-state index in [2.05, 4.69) is 75.4 Å². The Balaban J connectivity index is 1.33. The molecule has 35 heavy (non-hydrogen) atoms. The molecule has 2 aromatic rings. The van der Waals surface area contributed by atoms with Gasteiger partial charge < -0.3 is 4.90 Å². The Morgan fingerprint density at radius 2 is 1.20 bits per heavy atom. The van der Waals surface area contributed by atoms with Crippen LogP contribution in [0.3, 0.4) is 0 Å². The number of nitrogens with zero attached hydrogens (tertiary/aromatic N) is 3. The predicted octanol–water partition coefficient (Wildman–Crippen LogP) is 6.13. The average molecular weight is 472 g/mol. The van der Waals surface area contributed by atoms with Gasteiger partial charge in [0.25, 0.3) is 0 Å². The summed E-state index contributed by atoms with van der Waals surface area (Å²) in [5.74, 6) is 1.24. The molecule has 2 unspecified atom stereocenters. The van der Waals surface area contributed by atoms with E-state index in [9.17, 15) is 0 Å². The van der Waals surface area contributed by atoms with E-state index in [0.717, 1.165) is 0 Å². The first kappa shape index (κ1) is 23.7. The highest BCUT2D eigenvalue weighted by Crippen LogP contribution is 2.54. The molecule has 5 aliphatic rings. The number of benzene rings is 2. The minimum Gasteiger partial charge on any atom is -0.303 e. The van der Waals surface area contributed by atoms with Gasteiger partial charge in [0, 0.05) is 30.0 Å². The first-order valence-corrected chi connectivity index (χ1v) is 14.6. The zero-order valence-corrected chi connectivity index (χ0v) is 21.7. The van der Waals surface area contributed by atoms with Gasteiger partial charge in [0.05, 0.1) is 0 Å². The molecule has 1 saturated carbocycles. The van der Waals surface area contributed by atoms with Gasteiger partial charge in [-0.05, 0) is 102 Å². The standard InChI is InChI=1S/C32H45N3/c1-4-13-27(14-5-1)29-25-32(35-22-10-11-23-35)17-24-34(21-12-20-33-18-8-3-9-19-33)31(29)30(26-32)28-15-6-2-7-16-28/h1-2,4-7,13-16,29-31H,3,8-12,17-26H2. The monoisotopic (exact) mass is 471 g/mol. The summed E-state index contributed by atoms with van der Waals surface area (Å²) in [4.78, 5) is 8.63. The molecule has 0 radical (unpaired) electrons. The number of hydrogen-bond acceptors (Lipinski definition) is 3. The summed E-state index contributed by atoms with van der Waals surface area (Å²) in [6.45, 7) is 9.07. The van der Waals surface area contributed by atoms with Gasteiger partial charge in [-0.15, -0.1) is 0 Å². The van der Waals surface area contributed by atoms with Crippen molar-refractivity contribution in [3.63, 3.8) is 0 Å². The molecule has 2 atom stereocenters. The van der Waals surface area contributed by atoms with Crippen molar-refractivity contribution in [2.45, 2.75) is 81.2 Å². The van der Waals surface area contributed by atoms with Gasteiger partial charge in [0.2, 0.25) is 0 Å². The molecule has 0 spiro atoms. The number of likely N-dealkylation sites (tertiary alicyclic amines) is 2. The third kappa shape index (κ3) is 4.97.